The molecule has 0 radical (unpaired) electrons. The molecule has 44 heavy (non-hydrogen) atoms. The van der Waals surface area contributed by atoms with Crippen LogP contribution in [-0.4, -0.2) is 43.7 Å². The van der Waals surface area contributed by atoms with Gasteiger partial charge < -0.3 is 19.3 Å². The number of ether oxygens (including phenoxy) is 3. The summed E-state index contributed by atoms with van der Waals surface area (Å²) in [6.07, 6.45) is 10.3. The van der Waals surface area contributed by atoms with Gasteiger partial charge >= 0.3 is 11.9 Å². The Balaban J connectivity index is 1.56. The number of aliphatic hydroxyl groups excluding tert-OH is 1. The summed E-state index contributed by atoms with van der Waals surface area (Å²) in [5.41, 5.74) is 7.47. The third-order valence-corrected chi connectivity index (χ3v) is 8.82. The third-order valence-electron chi connectivity index (χ3n) is 8.82. The normalized spacial score (nSPS) is 17.1. The van der Waals surface area contributed by atoms with Crippen molar-refractivity contribution in [3.05, 3.63) is 83.5 Å². The van der Waals surface area contributed by atoms with E-state index in [0.717, 1.165) is 51.4 Å². The number of carbonyl (C=O) groups excluding carboxylic acids is 2. The maximum Gasteiger partial charge on any atom is 0.335 e. The second-order valence-electron chi connectivity index (χ2n) is 12.2. The van der Waals surface area contributed by atoms with Crippen LogP contribution in [0.1, 0.15) is 94.7 Å². The van der Waals surface area contributed by atoms with Gasteiger partial charge in [0.1, 0.15) is 6.79 Å². The molecule has 1 unspecified atom stereocenters. The fraction of sp³-hybridized carbons (Fsp3) is 0.526. The predicted octanol–water partition coefficient (Wildman–Crippen LogP) is 8.11. The topological polar surface area (TPSA) is 82.1 Å². The molecule has 0 amide bonds. The number of benzene rings is 2. The van der Waals surface area contributed by atoms with Crippen molar-refractivity contribution in [3.8, 4) is 11.1 Å². The van der Waals surface area contributed by atoms with E-state index >= 15 is 0 Å². The van der Waals surface area contributed by atoms with E-state index in [0.29, 0.717) is 36.9 Å². The molecule has 3 rings (SSSR count). The van der Waals surface area contributed by atoms with Gasteiger partial charge in [-0.15, -0.1) is 0 Å². The molecule has 2 aromatic rings. The van der Waals surface area contributed by atoms with Crippen molar-refractivity contribution in [3.63, 3.8) is 0 Å². The van der Waals surface area contributed by atoms with Crippen molar-refractivity contribution in [2.75, 3.05) is 26.6 Å². The standard InChI is InChI=1S/C38H52O6/c1-6-8-29-9-15-34(16-10-29)36-18-17-35(24-32(36)7-2)33-13-11-30(12-14-33)23-31(19-21-43-37(40)27(3)4)20-22-44-38(41)28(5)25-42-26-39/h9-10,15-18,24,30-31,33,39H,3,5-8,11-14,19-23,25-26H2,1-2,4H3. The molecule has 240 valence electrons. The molecule has 0 bridgehead atoms. The number of hydrogen-bond donors (Lipinski definition) is 1. The zero-order valence-corrected chi connectivity index (χ0v) is 27.1. The van der Waals surface area contributed by atoms with Gasteiger partial charge in [0.05, 0.1) is 25.4 Å². The van der Waals surface area contributed by atoms with E-state index in [2.05, 4.69) is 69.5 Å². The molecule has 0 spiro atoms. The third kappa shape index (κ3) is 11.0. The van der Waals surface area contributed by atoms with Crippen LogP contribution in [0.2, 0.25) is 0 Å². The molecular weight excluding hydrogens is 552 g/mol. The quantitative estimate of drug-likeness (QED) is 0.105. The Morgan fingerprint density at radius 3 is 2.18 bits per heavy atom. The highest BCUT2D eigenvalue weighted by Gasteiger charge is 2.26. The number of esters is 2. The van der Waals surface area contributed by atoms with Gasteiger partial charge in [-0.3, -0.25) is 0 Å². The van der Waals surface area contributed by atoms with Crippen molar-refractivity contribution < 1.29 is 28.9 Å². The SMILES string of the molecule is C=C(C)C(=O)OCCC(CCOC(=O)C(=C)COCO)CC1CCC(c2ccc(-c3ccc(CCC)cc3)c(CC)c2)CC1. The second-order valence-corrected chi connectivity index (χ2v) is 12.2. The number of rotatable bonds is 18. The van der Waals surface area contributed by atoms with Crippen molar-refractivity contribution in [2.45, 2.75) is 90.9 Å². The molecule has 0 heterocycles. The van der Waals surface area contributed by atoms with Crippen LogP contribution in [0, 0.1) is 11.8 Å². The van der Waals surface area contributed by atoms with E-state index in [-0.39, 0.29) is 30.7 Å². The van der Waals surface area contributed by atoms with E-state index in [4.69, 9.17) is 19.3 Å². The number of hydrogen-bond acceptors (Lipinski definition) is 6. The molecule has 0 aliphatic heterocycles. The van der Waals surface area contributed by atoms with Crippen molar-refractivity contribution in [1.82, 2.24) is 0 Å². The maximum absolute atomic E-state index is 12.2. The molecule has 1 fully saturated rings. The lowest BCUT2D eigenvalue weighted by molar-refractivity contribution is -0.140. The van der Waals surface area contributed by atoms with E-state index < -0.39 is 12.8 Å². The molecule has 1 N–H and O–H groups in total. The Labute approximate surface area is 264 Å². The van der Waals surface area contributed by atoms with Gasteiger partial charge in [-0.25, -0.2) is 9.59 Å². The zero-order chi connectivity index (χ0) is 31.9. The van der Waals surface area contributed by atoms with Gasteiger partial charge in [0.25, 0.3) is 0 Å². The van der Waals surface area contributed by atoms with Crippen LogP contribution in [0.25, 0.3) is 11.1 Å². The Morgan fingerprint density at radius 1 is 0.932 bits per heavy atom. The summed E-state index contributed by atoms with van der Waals surface area (Å²) >= 11 is 0. The van der Waals surface area contributed by atoms with Crippen molar-refractivity contribution in [1.29, 1.82) is 0 Å². The first-order valence-corrected chi connectivity index (χ1v) is 16.3. The molecule has 1 aliphatic carbocycles. The lowest BCUT2D eigenvalue weighted by Crippen LogP contribution is -2.20. The van der Waals surface area contributed by atoms with Gasteiger partial charge in [-0.1, -0.05) is 75.9 Å². The van der Waals surface area contributed by atoms with Crippen LogP contribution in [0.5, 0.6) is 0 Å². The zero-order valence-electron chi connectivity index (χ0n) is 27.1. The molecule has 6 heteroatoms. The Morgan fingerprint density at radius 2 is 1.59 bits per heavy atom. The van der Waals surface area contributed by atoms with Crippen LogP contribution in [0.15, 0.2) is 66.8 Å². The number of carbonyl (C=O) groups is 2. The Hall–Kier alpha value is -3.22. The second kappa shape index (κ2) is 18.6. The van der Waals surface area contributed by atoms with E-state index in [9.17, 15) is 9.59 Å². The fourth-order valence-electron chi connectivity index (χ4n) is 6.25. The maximum atomic E-state index is 12.2. The summed E-state index contributed by atoms with van der Waals surface area (Å²) in [6.45, 7) is 13.5. The molecular formula is C38H52O6. The van der Waals surface area contributed by atoms with Gasteiger partial charge in [0.15, 0.2) is 0 Å². The first-order valence-electron chi connectivity index (χ1n) is 16.3. The molecule has 1 atom stereocenters. The highest BCUT2D eigenvalue weighted by atomic mass is 16.6. The van der Waals surface area contributed by atoms with E-state index in [1.165, 1.54) is 27.8 Å². The smallest absolute Gasteiger partial charge is 0.335 e. The van der Waals surface area contributed by atoms with Gasteiger partial charge in [-0.05, 0) is 110 Å². The summed E-state index contributed by atoms with van der Waals surface area (Å²) in [5, 5.41) is 8.78. The summed E-state index contributed by atoms with van der Waals surface area (Å²) in [6, 6.07) is 16.2. The molecule has 6 nitrogen and oxygen atoms in total. The lowest BCUT2D eigenvalue weighted by Gasteiger charge is -2.31. The highest BCUT2D eigenvalue weighted by molar-refractivity contribution is 5.88. The minimum absolute atomic E-state index is 0.0620. The average molecular weight is 605 g/mol. The first kappa shape index (κ1) is 35.3. The predicted molar refractivity (Wildman–Crippen MR) is 176 cm³/mol. The van der Waals surface area contributed by atoms with Gasteiger partial charge in [0.2, 0.25) is 0 Å². The molecule has 1 saturated carbocycles. The van der Waals surface area contributed by atoms with Gasteiger partial charge in [-0.2, -0.15) is 0 Å². The molecule has 0 saturated heterocycles. The number of aryl methyl sites for hydroxylation is 2. The molecule has 0 aromatic heterocycles. The highest BCUT2D eigenvalue weighted by Crippen LogP contribution is 2.40. The van der Waals surface area contributed by atoms with Crippen LogP contribution in [-0.2, 0) is 36.6 Å². The van der Waals surface area contributed by atoms with Crippen molar-refractivity contribution in [2.24, 2.45) is 11.8 Å². The Bertz CT molecular complexity index is 1220. The Kier molecular flexibility index (Phi) is 14.9. The first-order chi connectivity index (χ1) is 21.2. The molecule has 2 aromatic carbocycles. The monoisotopic (exact) mass is 604 g/mol. The van der Waals surface area contributed by atoms with Crippen LogP contribution in [0.3, 0.4) is 0 Å². The summed E-state index contributed by atoms with van der Waals surface area (Å²) in [5.74, 6) is 0.530. The minimum atomic E-state index is -0.516. The summed E-state index contributed by atoms with van der Waals surface area (Å²) in [4.78, 5) is 24.1. The molecule has 1 aliphatic rings. The van der Waals surface area contributed by atoms with Crippen LogP contribution < -0.4 is 0 Å². The lowest BCUT2D eigenvalue weighted by atomic mass is 9.74. The average Bonchev–Trinajstić information content (AvgIpc) is 3.03. The largest absolute Gasteiger partial charge is 0.462 e. The van der Waals surface area contributed by atoms with Crippen molar-refractivity contribution >= 4 is 11.9 Å². The van der Waals surface area contributed by atoms with E-state index in [1.54, 1.807) is 6.92 Å². The summed E-state index contributed by atoms with van der Waals surface area (Å²) in [7, 11) is 0. The fourth-order valence-corrected chi connectivity index (χ4v) is 6.25. The van der Waals surface area contributed by atoms with Gasteiger partial charge in [0, 0.05) is 5.57 Å². The van der Waals surface area contributed by atoms with E-state index in [1.807, 2.05) is 0 Å². The van der Waals surface area contributed by atoms with Crippen LogP contribution in [0.4, 0.5) is 0 Å². The number of aliphatic hydroxyl groups is 1. The minimum Gasteiger partial charge on any atom is -0.462 e. The van der Waals surface area contributed by atoms with Crippen LogP contribution >= 0.6 is 0 Å². The summed E-state index contributed by atoms with van der Waals surface area (Å²) < 4.78 is 15.6.